The van der Waals surface area contributed by atoms with Crippen LogP contribution in [0.4, 0.5) is 0 Å². The van der Waals surface area contributed by atoms with Crippen molar-refractivity contribution >= 4 is 7.60 Å². The standard InChI is InChI=1S/C10H21O8P/c1-3-16-19(15,17-4-2)8-5-7(12)9(13)10(14,6-11)18-8/h7-9,11-14H,3-6H2,1-2H3/t7-,8+,9+,10-/m1/s1. The van der Waals surface area contributed by atoms with Gasteiger partial charge in [-0.1, -0.05) is 0 Å². The maximum Gasteiger partial charge on any atom is 0.359 e. The monoisotopic (exact) mass is 300 g/mol. The molecule has 8 nitrogen and oxygen atoms in total. The summed E-state index contributed by atoms with van der Waals surface area (Å²) in [5, 5.41) is 38.2. The molecule has 4 atom stereocenters. The van der Waals surface area contributed by atoms with Gasteiger partial charge < -0.3 is 34.2 Å². The Balaban J connectivity index is 2.96. The van der Waals surface area contributed by atoms with Crippen LogP contribution in [-0.4, -0.2) is 64.1 Å². The Hall–Kier alpha value is -0.0500. The lowest BCUT2D eigenvalue weighted by Crippen LogP contribution is -2.60. The molecule has 19 heavy (non-hydrogen) atoms. The van der Waals surface area contributed by atoms with E-state index in [1.54, 1.807) is 13.8 Å². The van der Waals surface area contributed by atoms with E-state index in [1.165, 1.54) is 0 Å². The zero-order chi connectivity index (χ0) is 14.7. The molecule has 0 unspecified atom stereocenters. The molecular weight excluding hydrogens is 279 g/mol. The van der Waals surface area contributed by atoms with Gasteiger partial charge in [-0.2, -0.15) is 0 Å². The summed E-state index contributed by atoms with van der Waals surface area (Å²) in [6.45, 7) is 2.44. The minimum absolute atomic E-state index is 0.0906. The van der Waals surface area contributed by atoms with Crippen LogP contribution in [0, 0.1) is 0 Å². The molecular formula is C10H21O8P. The average Bonchev–Trinajstić information content (AvgIpc) is 2.36. The van der Waals surface area contributed by atoms with E-state index in [9.17, 15) is 19.9 Å². The molecule has 1 heterocycles. The van der Waals surface area contributed by atoms with Gasteiger partial charge in [0.25, 0.3) is 0 Å². The minimum atomic E-state index is -3.72. The summed E-state index contributed by atoms with van der Waals surface area (Å²) in [4.78, 5) is 0. The molecule has 1 aliphatic heterocycles. The Morgan fingerprint density at radius 3 is 2.26 bits per heavy atom. The normalized spacial score (nSPS) is 36.4. The first-order valence-electron chi connectivity index (χ1n) is 6.09. The van der Waals surface area contributed by atoms with Crippen LogP contribution >= 0.6 is 7.60 Å². The molecule has 0 saturated carbocycles. The van der Waals surface area contributed by atoms with Gasteiger partial charge in [0, 0.05) is 6.42 Å². The summed E-state index contributed by atoms with van der Waals surface area (Å²) in [5.74, 6) is -3.66. The molecule has 0 aromatic carbocycles. The predicted octanol–water partition coefficient (Wildman–Crippen LogP) is -0.598. The molecule has 1 aliphatic rings. The SMILES string of the molecule is CCOP(=O)(OCC)[C@H]1C[C@@H](O)[C@H](O)[C@@](O)(CO)O1. The van der Waals surface area contributed by atoms with Crippen molar-refractivity contribution in [3.05, 3.63) is 0 Å². The van der Waals surface area contributed by atoms with Crippen molar-refractivity contribution in [1.29, 1.82) is 0 Å². The van der Waals surface area contributed by atoms with E-state index in [4.69, 9.17) is 18.9 Å². The molecule has 0 aliphatic carbocycles. The molecule has 9 heteroatoms. The van der Waals surface area contributed by atoms with Gasteiger partial charge in [0.05, 0.1) is 25.9 Å². The lowest BCUT2D eigenvalue weighted by atomic mass is 10.00. The molecule has 0 spiro atoms. The third-order valence-corrected chi connectivity index (χ3v) is 5.07. The number of ether oxygens (including phenoxy) is 1. The predicted molar refractivity (Wildman–Crippen MR) is 64.4 cm³/mol. The fourth-order valence-corrected chi connectivity index (χ4v) is 3.79. The third kappa shape index (κ3) is 3.53. The van der Waals surface area contributed by atoms with E-state index in [1.807, 2.05) is 0 Å². The Morgan fingerprint density at radius 1 is 1.32 bits per heavy atom. The van der Waals surface area contributed by atoms with E-state index in [0.29, 0.717) is 0 Å². The summed E-state index contributed by atoms with van der Waals surface area (Å²) in [6.07, 6.45) is -3.35. The van der Waals surface area contributed by atoms with Gasteiger partial charge in [0.15, 0.2) is 5.85 Å². The lowest BCUT2D eigenvalue weighted by Gasteiger charge is -2.43. The van der Waals surface area contributed by atoms with Crippen LogP contribution in [0.1, 0.15) is 20.3 Å². The van der Waals surface area contributed by atoms with Crippen molar-refractivity contribution in [1.82, 2.24) is 0 Å². The highest BCUT2D eigenvalue weighted by Gasteiger charge is 2.53. The van der Waals surface area contributed by atoms with Crippen molar-refractivity contribution < 1.29 is 38.8 Å². The summed E-state index contributed by atoms with van der Waals surface area (Å²) in [6, 6.07) is 0. The first-order chi connectivity index (χ1) is 8.83. The zero-order valence-electron chi connectivity index (χ0n) is 10.9. The van der Waals surface area contributed by atoms with Gasteiger partial charge in [0.1, 0.15) is 6.10 Å². The van der Waals surface area contributed by atoms with Gasteiger partial charge in [-0.15, -0.1) is 0 Å². The summed E-state index contributed by atoms with van der Waals surface area (Å²) in [5.41, 5.74) is 0. The van der Waals surface area contributed by atoms with E-state index < -0.39 is 38.0 Å². The molecule has 0 bridgehead atoms. The van der Waals surface area contributed by atoms with Crippen LogP contribution in [0.3, 0.4) is 0 Å². The third-order valence-electron chi connectivity index (χ3n) is 2.81. The Bertz CT molecular complexity index is 327. The largest absolute Gasteiger partial charge is 0.391 e. The lowest BCUT2D eigenvalue weighted by molar-refractivity contribution is -0.322. The van der Waals surface area contributed by atoms with E-state index in [0.717, 1.165) is 0 Å². The maximum atomic E-state index is 12.5. The quantitative estimate of drug-likeness (QED) is 0.479. The van der Waals surface area contributed by atoms with Gasteiger partial charge in [0.2, 0.25) is 5.79 Å². The highest BCUT2D eigenvalue weighted by Crippen LogP contribution is 2.57. The maximum absolute atomic E-state index is 12.5. The number of hydrogen-bond donors (Lipinski definition) is 4. The number of rotatable bonds is 6. The molecule has 4 N–H and O–H groups in total. The first-order valence-corrected chi connectivity index (χ1v) is 7.70. The van der Waals surface area contributed by atoms with Gasteiger partial charge >= 0.3 is 7.60 Å². The van der Waals surface area contributed by atoms with Crippen LogP contribution in [-0.2, 0) is 18.3 Å². The zero-order valence-corrected chi connectivity index (χ0v) is 11.8. The van der Waals surface area contributed by atoms with Crippen LogP contribution in [0.2, 0.25) is 0 Å². The molecule has 1 fully saturated rings. The molecule has 1 rings (SSSR count). The number of aliphatic hydroxyl groups is 4. The highest BCUT2D eigenvalue weighted by atomic mass is 31.2. The van der Waals surface area contributed by atoms with E-state index >= 15 is 0 Å². The van der Waals surface area contributed by atoms with Crippen LogP contribution in [0.25, 0.3) is 0 Å². The second-order valence-electron chi connectivity index (χ2n) is 4.20. The van der Waals surface area contributed by atoms with Gasteiger partial charge in [-0.3, -0.25) is 4.57 Å². The first kappa shape index (κ1) is 17.0. The molecule has 0 amide bonds. The van der Waals surface area contributed by atoms with Crippen molar-refractivity contribution in [2.45, 2.75) is 44.1 Å². The molecule has 114 valence electrons. The summed E-state index contributed by atoms with van der Waals surface area (Å²) < 4.78 is 27.6. The van der Waals surface area contributed by atoms with Gasteiger partial charge in [-0.25, -0.2) is 0 Å². The fraction of sp³-hybridized carbons (Fsp3) is 1.00. The average molecular weight is 300 g/mol. The molecule has 0 aromatic rings. The molecule has 1 saturated heterocycles. The minimum Gasteiger partial charge on any atom is -0.391 e. The van der Waals surface area contributed by atoms with Crippen LogP contribution in [0.5, 0.6) is 0 Å². The van der Waals surface area contributed by atoms with E-state index in [2.05, 4.69) is 0 Å². The Kier molecular flexibility index (Phi) is 5.91. The highest BCUT2D eigenvalue weighted by molar-refractivity contribution is 7.54. The van der Waals surface area contributed by atoms with Crippen molar-refractivity contribution in [2.24, 2.45) is 0 Å². The Morgan fingerprint density at radius 2 is 1.84 bits per heavy atom. The fourth-order valence-electron chi connectivity index (χ4n) is 1.88. The second-order valence-corrected chi connectivity index (χ2v) is 6.37. The van der Waals surface area contributed by atoms with Crippen molar-refractivity contribution in [2.75, 3.05) is 19.8 Å². The van der Waals surface area contributed by atoms with Crippen molar-refractivity contribution in [3.63, 3.8) is 0 Å². The molecule has 0 aromatic heterocycles. The Labute approximate surface area is 111 Å². The molecule has 0 radical (unpaired) electrons. The topological polar surface area (TPSA) is 126 Å². The van der Waals surface area contributed by atoms with Gasteiger partial charge in [-0.05, 0) is 13.8 Å². The summed E-state index contributed by atoms with van der Waals surface area (Å²) >= 11 is 0. The van der Waals surface area contributed by atoms with Crippen LogP contribution < -0.4 is 0 Å². The second kappa shape index (κ2) is 6.60. The van der Waals surface area contributed by atoms with Crippen LogP contribution in [0.15, 0.2) is 0 Å². The van der Waals surface area contributed by atoms with E-state index in [-0.39, 0.29) is 19.6 Å². The number of aliphatic hydroxyl groups excluding tert-OH is 3. The smallest absolute Gasteiger partial charge is 0.359 e. The number of hydrogen-bond acceptors (Lipinski definition) is 8. The summed E-state index contributed by atoms with van der Waals surface area (Å²) in [7, 11) is -3.72. The van der Waals surface area contributed by atoms with Crippen molar-refractivity contribution in [3.8, 4) is 0 Å².